The Labute approximate surface area is 156 Å². The van der Waals surface area contributed by atoms with E-state index in [1.54, 1.807) is 6.20 Å². The van der Waals surface area contributed by atoms with Gasteiger partial charge in [0.05, 0.1) is 5.69 Å². The van der Waals surface area contributed by atoms with Crippen molar-refractivity contribution >= 4 is 10.8 Å². The van der Waals surface area contributed by atoms with Gasteiger partial charge in [-0.15, -0.1) is 0 Å². The summed E-state index contributed by atoms with van der Waals surface area (Å²) in [5, 5.41) is 8.67. The average molecular weight is 357 g/mol. The van der Waals surface area contributed by atoms with E-state index in [0.29, 0.717) is 17.2 Å². The first-order valence-corrected chi connectivity index (χ1v) is 8.73. The number of aryl methyl sites for hydroxylation is 2. The van der Waals surface area contributed by atoms with Crippen molar-refractivity contribution in [2.75, 3.05) is 0 Å². The SMILES string of the molecule is Cc1cc(Oc2nccc3ccccc23)ccc1-c1c(C)n[nH]c(=O)c1C. The summed E-state index contributed by atoms with van der Waals surface area (Å²) in [7, 11) is 0. The third-order valence-corrected chi connectivity index (χ3v) is 4.72. The molecule has 0 aliphatic heterocycles. The van der Waals surface area contributed by atoms with Crippen LogP contribution in [0.15, 0.2) is 59.5 Å². The predicted molar refractivity (Wildman–Crippen MR) is 106 cm³/mol. The molecule has 0 atom stereocenters. The maximum Gasteiger partial charge on any atom is 0.267 e. The summed E-state index contributed by atoms with van der Waals surface area (Å²) in [5.74, 6) is 1.28. The fourth-order valence-electron chi connectivity index (χ4n) is 3.32. The number of nitrogens with one attached hydrogen (secondary N) is 1. The van der Waals surface area contributed by atoms with Crippen LogP contribution < -0.4 is 10.3 Å². The van der Waals surface area contributed by atoms with Gasteiger partial charge in [-0.2, -0.15) is 5.10 Å². The van der Waals surface area contributed by atoms with E-state index in [0.717, 1.165) is 33.2 Å². The van der Waals surface area contributed by atoms with Crippen molar-refractivity contribution in [1.82, 2.24) is 15.2 Å². The molecule has 4 aromatic rings. The van der Waals surface area contributed by atoms with Crippen molar-refractivity contribution in [2.45, 2.75) is 20.8 Å². The van der Waals surface area contributed by atoms with Gasteiger partial charge in [0.15, 0.2) is 0 Å². The van der Waals surface area contributed by atoms with Crippen LogP contribution in [-0.2, 0) is 0 Å². The summed E-state index contributed by atoms with van der Waals surface area (Å²) >= 11 is 0. The summed E-state index contributed by atoms with van der Waals surface area (Å²) in [5.41, 5.74) is 4.13. The number of hydrogen-bond acceptors (Lipinski definition) is 4. The quantitative estimate of drug-likeness (QED) is 0.577. The smallest absolute Gasteiger partial charge is 0.267 e. The van der Waals surface area contributed by atoms with Crippen LogP contribution in [0.1, 0.15) is 16.8 Å². The highest BCUT2D eigenvalue weighted by Gasteiger charge is 2.13. The van der Waals surface area contributed by atoms with Gasteiger partial charge in [-0.3, -0.25) is 4.79 Å². The van der Waals surface area contributed by atoms with Crippen LogP contribution in [0.2, 0.25) is 0 Å². The third-order valence-electron chi connectivity index (χ3n) is 4.72. The van der Waals surface area contributed by atoms with Gasteiger partial charge in [0.25, 0.3) is 5.56 Å². The lowest BCUT2D eigenvalue weighted by Gasteiger charge is -2.13. The molecule has 134 valence electrons. The van der Waals surface area contributed by atoms with Crippen molar-refractivity contribution in [3.63, 3.8) is 0 Å². The van der Waals surface area contributed by atoms with Crippen molar-refractivity contribution in [3.05, 3.63) is 81.9 Å². The summed E-state index contributed by atoms with van der Waals surface area (Å²) in [4.78, 5) is 16.3. The zero-order valence-electron chi connectivity index (χ0n) is 15.4. The number of H-pyrrole nitrogens is 1. The molecule has 2 aromatic heterocycles. The minimum atomic E-state index is -0.171. The zero-order chi connectivity index (χ0) is 19.0. The molecule has 0 aliphatic rings. The molecule has 0 radical (unpaired) electrons. The lowest BCUT2D eigenvalue weighted by atomic mass is 9.96. The van der Waals surface area contributed by atoms with E-state index in [4.69, 9.17) is 4.74 Å². The van der Waals surface area contributed by atoms with Gasteiger partial charge >= 0.3 is 0 Å². The molecule has 0 saturated heterocycles. The van der Waals surface area contributed by atoms with Crippen LogP contribution in [-0.4, -0.2) is 15.2 Å². The standard InChI is InChI=1S/C22H19N3O2/c1-13-12-17(27-22-19-7-5-4-6-16(19)10-11-23-22)8-9-18(13)20-14(2)21(26)25-24-15(20)3/h4-12H,1-3H3,(H,25,26). The van der Waals surface area contributed by atoms with E-state index in [1.807, 2.05) is 69.3 Å². The van der Waals surface area contributed by atoms with Crippen LogP contribution in [0.5, 0.6) is 11.6 Å². The largest absolute Gasteiger partial charge is 0.438 e. The lowest BCUT2D eigenvalue weighted by Crippen LogP contribution is -2.14. The van der Waals surface area contributed by atoms with Gasteiger partial charge in [-0.05, 0) is 61.5 Å². The van der Waals surface area contributed by atoms with Crippen molar-refractivity contribution in [2.24, 2.45) is 0 Å². The molecule has 2 aromatic carbocycles. The lowest BCUT2D eigenvalue weighted by molar-refractivity contribution is 0.469. The monoisotopic (exact) mass is 357 g/mol. The second-order valence-corrected chi connectivity index (χ2v) is 6.55. The van der Waals surface area contributed by atoms with Crippen LogP contribution in [0, 0.1) is 20.8 Å². The minimum absolute atomic E-state index is 0.171. The molecule has 27 heavy (non-hydrogen) atoms. The Kier molecular flexibility index (Phi) is 4.20. The minimum Gasteiger partial charge on any atom is -0.438 e. The first kappa shape index (κ1) is 17.0. The summed E-state index contributed by atoms with van der Waals surface area (Å²) in [6.45, 7) is 5.70. The van der Waals surface area contributed by atoms with Gasteiger partial charge in [-0.1, -0.05) is 24.3 Å². The summed E-state index contributed by atoms with van der Waals surface area (Å²) < 4.78 is 6.05. The van der Waals surface area contributed by atoms with Crippen LogP contribution >= 0.6 is 0 Å². The maximum absolute atomic E-state index is 12.0. The van der Waals surface area contributed by atoms with Gasteiger partial charge < -0.3 is 4.74 Å². The van der Waals surface area contributed by atoms with E-state index in [9.17, 15) is 4.79 Å². The molecule has 2 heterocycles. The molecule has 0 bridgehead atoms. The topological polar surface area (TPSA) is 67.9 Å². The van der Waals surface area contributed by atoms with Crippen LogP contribution in [0.3, 0.4) is 0 Å². The Bertz CT molecular complexity index is 1210. The molecular weight excluding hydrogens is 338 g/mol. The van der Waals surface area contributed by atoms with Gasteiger partial charge in [0.2, 0.25) is 5.88 Å². The number of hydrogen-bond donors (Lipinski definition) is 1. The van der Waals surface area contributed by atoms with Gasteiger partial charge in [0, 0.05) is 22.7 Å². The first-order chi connectivity index (χ1) is 13.0. The van der Waals surface area contributed by atoms with E-state index < -0.39 is 0 Å². The maximum atomic E-state index is 12.0. The highest BCUT2D eigenvalue weighted by Crippen LogP contribution is 2.32. The van der Waals surface area contributed by atoms with Crippen molar-refractivity contribution < 1.29 is 4.74 Å². The summed E-state index contributed by atoms with van der Waals surface area (Å²) in [6, 6.07) is 15.8. The number of nitrogens with zero attached hydrogens (tertiary/aromatic N) is 2. The third kappa shape index (κ3) is 3.08. The molecule has 5 nitrogen and oxygen atoms in total. The molecule has 0 spiro atoms. The molecule has 0 fully saturated rings. The Balaban J connectivity index is 1.75. The van der Waals surface area contributed by atoms with Crippen LogP contribution in [0.25, 0.3) is 21.9 Å². The summed E-state index contributed by atoms with van der Waals surface area (Å²) in [6.07, 6.45) is 1.74. The normalized spacial score (nSPS) is 10.9. The Hall–Kier alpha value is -3.47. The predicted octanol–water partition coefficient (Wildman–Crippen LogP) is 4.70. The Morgan fingerprint density at radius 1 is 1.00 bits per heavy atom. The number of fused-ring (bicyclic) bond motifs is 1. The highest BCUT2D eigenvalue weighted by atomic mass is 16.5. The second-order valence-electron chi connectivity index (χ2n) is 6.55. The average Bonchev–Trinajstić information content (AvgIpc) is 2.67. The Morgan fingerprint density at radius 3 is 2.63 bits per heavy atom. The van der Waals surface area contributed by atoms with E-state index in [-0.39, 0.29) is 5.56 Å². The number of aromatic amines is 1. The van der Waals surface area contributed by atoms with E-state index in [2.05, 4.69) is 15.2 Å². The van der Waals surface area contributed by atoms with E-state index >= 15 is 0 Å². The number of ether oxygens (including phenoxy) is 1. The van der Waals surface area contributed by atoms with Crippen LogP contribution in [0.4, 0.5) is 0 Å². The highest BCUT2D eigenvalue weighted by molar-refractivity contribution is 5.86. The Morgan fingerprint density at radius 2 is 1.81 bits per heavy atom. The number of aromatic nitrogens is 3. The first-order valence-electron chi connectivity index (χ1n) is 8.73. The zero-order valence-corrected chi connectivity index (χ0v) is 15.4. The molecular formula is C22H19N3O2. The second kappa shape index (κ2) is 6.68. The van der Waals surface area contributed by atoms with E-state index in [1.165, 1.54) is 0 Å². The molecule has 4 rings (SSSR count). The molecule has 0 amide bonds. The molecule has 0 aliphatic carbocycles. The number of rotatable bonds is 3. The van der Waals surface area contributed by atoms with Crippen molar-refractivity contribution in [1.29, 1.82) is 0 Å². The van der Waals surface area contributed by atoms with Gasteiger partial charge in [0.1, 0.15) is 5.75 Å². The fraction of sp³-hybridized carbons (Fsp3) is 0.136. The molecule has 5 heteroatoms. The molecule has 0 saturated carbocycles. The number of pyridine rings is 1. The van der Waals surface area contributed by atoms with Gasteiger partial charge in [-0.25, -0.2) is 10.1 Å². The molecule has 0 unspecified atom stereocenters. The molecule has 1 N–H and O–H groups in total. The number of benzene rings is 2. The van der Waals surface area contributed by atoms with Crippen molar-refractivity contribution in [3.8, 4) is 22.8 Å². The fourth-order valence-corrected chi connectivity index (χ4v) is 3.32.